The number of aliphatic hydroxyl groups is 1. The lowest BCUT2D eigenvalue weighted by molar-refractivity contribution is 0.192. The Bertz CT molecular complexity index is 675. The Morgan fingerprint density at radius 3 is 2.20 bits per heavy atom. The number of fused-ring (bicyclic) bond motifs is 1. The minimum atomic E-state index is -0.719. The first kappa shape index (κ1) is 12.9. The second-order valence-corrected chi connectivity index (χ2v) is 5.41. The minimum Gasteiger partial charge on any atom is -0.458 e. The standard InChI is InChI=1S/C18H18O2/c1-12(2)13-7-9-14(10-8-13)18(19)17-11-15-5-3-4-6-16(15)20-17/h3-12,18-19H,1-2H3. The van der Waals surface area contributed by atoms with Gasteiger partial charge in [0.25, 0.3) is 0 Å². The van der Waals surface area contributed by atoms with E-state index in [-0.39, 0.29) is 0 Å². The molecule has 1 unspecified atom stereocenters. The summed E-state index contributed by atoms with van der Waals surface area (Å²) in [6, 6.07) is 17.7. The molecule has 1 atom stereocenters. The summed E-state index contributed by atoms with van der Waals surface area (Å²) in [4.78, 5) is 0. The van der Waals surface area contributed by atoms with Crippen molar-refractivity contribution < 1.29 is 9.52 Å². The van der Waals surface area contributed by atoms with Gasteiger partial charge in [-0.2, -0.15) is 0 Å². The van der Waals surface area contributed by atoms with Crippen molar-refractivity contribution in [1.82, 2.24) is 0 Å². The molecule has 1 heterocycles. The number of hydrogen-bond donors (Lipinski definition) is 1. The van der Waals surface area contributed by atoms with Crippen LogP contribution in [-0.4, -0.2) is 5.11 Å². The largest absolute Gasteiger partial charge is 0.458 e. The molecule has 2 aromatic carbocycles. The van der Waals surface area contributed by atoms with E-state index in [0.29, 0.717) is 11.7 Å². The Labute approximate surface area is 118 Å². The van der Waals surface area contributed by atoms with Gasteiger partial charge in [0, 0.05) is 5.39 Å². The van der Waals surface area contributed by atoms with Crippen molar-refractivity contribution in [2.75, 3.05) is 0 Å². The quantitative estimate of drug-likeness (QED) is 0.749. The molecule has 0 aliphatic carbocycles. The molecule has 1 N–H and O–H groups in total. The lowest BCUT2D eigenvalue weighted by Crippen LogP contribution is -1.98. The van der Waals surface area contributed by atoms with Gasteiger partial charge in [-0.15, -0.1) is 0 Å². The van der Waals surface area contributed by atoms with Crippen molar-refractivity contribution in [2.24, 2.45) is 0 Å². The predicted octanol–water partition coefficient (Wildman–Crippen LogP) is 4.64. The molecule has 0 spiro atoms. The third kappa shape index (κ3) is 2.35. The minimum absolute atomic E-state index is 0.493. The summed E-state index contributed by atoms with van der Waals surface area (Å²) >= 11 is 0. The second kappa shape index (κ2) is 5.14. The zero-order valence-electron chi connectivity index (χ0n) is 11.7. The molecule has 3 rings (SSSR count). The van der Waals surface area contributed by atoms with Crippen LogP contribution in [0.5, 0.6) is 0 Å². The summed E-state index contributed by atoms with van der Waals surface area (Å²) in [5.74, 6) is 1.08. The number of aliphatic hydroxyl groups excluding tert-OH is 1. The molecule has 1 aromatic heterocycles. The molecule has 20 heavy (non-hydrogen) atoms. The van der Waals surface area contributed by atoms with Gasteiger partial charge in [0.15, 0.2) is 0 Å². The van der Waals surface area contributed by atoms with E-state index in [1.807, 2.05) is 42.5 Å². The van der Waals surface area contributed by atoms with E-state index in [0.717, 1.165) is 16.5 Å². The average Bonchev–Trinajstić information content (AvgIpc) is 2.90. The predicted molar refractivity (Wildman–Crippen MR) is 80.8 cm³/mol. The first-order chi connectivity index (χ1) is 9.65. The van der Waals surface area contributed by atoms with Gasteiger partial charge in [-0.25, -0.2) is 0 Å². The Balaban J connectivity index is 1.93. The summed E-state index contributed by atoms with van der Waals surface area (Å²) in [5.41, 5.74) is 2.93. The summed E-state index contributed by atoms with van der Waals surface area (Å²) < 4.78 is 5.71. The molecule has 102 valence electrons. The lowest BCUT2D eigenvalue weighted by atomic mass is 9.99. The SMILES string of the molecule is CC(C)c1ccc(C(O)c2cc3ccccc3o2)cc1. The van der Waals surface area contributed by atoms with Crippen LogP contribution in [0.25, 0.3) is 11.0 Å². The highest BCUT2D eigenvalue weighted by atomic mass is 16.4. The molecule has 0 fully saturated rings. The van der Waals surface area contributed by atoms with E-state index in [4.69, 9.17) is 4.42 Å². The maximum atomic E-state index is 10.4. The van der Waals surface area contributed by atoms with Crippen LogP contribution in [0.1, 0.15) is 42.8 Å². The van der Waals surface area contributed by atoms with Crippen LogP contribution >= 0.6 is 0 Å². The lowest BCUT2D eigenvalue weighted by Gasteiger charge is -2.10. The zero-order chi connectivity index (χ0) is 14.1. The number of furan rings is 1. The fourth-order valence-corrected chi connectivity index (χ4v) is 2.36. The van der Waals surface area contributed by atoms with Gasteiger partial charge in [-0.1, -0.05) is 56.3 Å². The van der Waals surface area contributed by atoms with Crippen molar-refractivity contribution in [1.29, 1.82) is 0 Å². The molecule has 0 radical (unpaired) electrons. The first-order valence-electron chi connectivity index (χ1n) is 6.91. The van der Waals surface area contributed by atoms with Crippen molar-refractivity contribution in [3.63, 3.8) is 0 Å². The topological polar surface area (TPSA) is 33.4 Å². The van der Waals surface area contributed by atoms with Gasteiger partial charge >= 0.3 is 0 Å². The zero-order valence-corrected chi connectivity index (χ0v) is 11.7. The number of para-hydroxylation sites is 1. The van der Waals surface area contributed by atoms with E-state index < -0.39 is 6.10 Å². The van der Waals surface area contributed by atoms with E-state index in [1.165, 1.54) is 5.56 Å². The van der Waals surface area contributed by atoms with Gasteiger partial charge in [-0.05, 0) is 29.2 Å². The summed E-state index contributed by atoms with van der Waals surface area (Å²) in [6.45, 7) is 4.31. The third-order valence-corrected chi connectivity index (χ3v) is 3.63. The van der Waals surface area contributed by atoms with Crippen LogP contribution < -0.4 is 0 Å². The van der Waals surface area contributed by atoms with Gasteiger partial charge in [0.05, 0.1) is 0 Å². The van der Waals surface area contributed by atoms with Gasteiger partial charge in [0.1, 0.15) is 17.4 Å². The monoisotopic (exact) mass is 266 g/mol. The third-order valence-electron chi connectivity index (χ3n) is 3.63. The number of hydrogen-bond acceptors (Lipinski definition) is 2. The van der Waals surface area contributed by atoms with E-state index in [1.54, 1.807) is 0 Å². The summed E-state index contributed by atoms with van der Waals surface area (Å²) in [7, 11) is 0. The summed E-state index contributed by atoms with van der Waals surface area (Å²) in [5, 5.41) is 11.4. The Kier molecular flexibility index (Phi) is 3.33. The molecule has 0 aliphatic heterocycles. The van der Waals surface area contributed by atoms with Gasteiger partial charge in [0.2, 0.25) is 0 Å². The van der Waals surface area contributed by atoms with Crippen molar-refractivity contribution in [3.8, 4) is 0 Å². The highest BCUT2D eigenvalue weighted by Crippen LogP contribution is 2.28. The van der Waals surface area contributed by atoms with Crippen molar-refractivity contribution in [2.45, 2.75) is 25.9 Å². The van der Waals surface area contributed by atoms with Crippen molar-refractivity contribution in [3.05, 3.63) is 71.5 Å². The van der Waals surface area contributed by atoms with E-state index >= 15 is 0 Å². The average molecular weight is 266 g/mol. The summed E-state index contributed by atoms with van der Waals surface area (Å²) in [6.07, 6.45) is -0.719. The fraction of sp³-hybridized carbons (Fsp3) is 0.222. The van der Waals surface area contributed by atoms with Crippen LogP contribution in [0.3, 0.4) is 0 Å². The smallest absolute Gasteiger partial charge is 0.138 e. The van der Waals surface area contributed by atoms with Crippen LogP contribution in [0.15, 0.2) is 59.0 Å². The molecule has 0 bridgehead atoms. The molecule has 0 saturated carbocycles. The highest BCUT2D eigenvalue weighted by Gasteiger charge is 2.15. The van der Waals surface area contributed by atoms with Crippen LogP contribution in [0.2, 0.25) is 0 Å². The van der Waals surface area contributed by atoms with Crippen molar-refractivity contribution >= 4 is 11.0 Å². The Morgan fingerprint density at radius 2 is 1.55 bits per heavy atom. The normalized spacial score (nSPS) is 13.0. The molecular formula is C18H18O2. The molecular weight excluding hydrogens is 248 g/mol. The number of rotatable bonds is 3. The maximum absolute atomic E-state index is 10.4. The van der Waals surface area contributed by atoms with Gasteiger partial charge in [-0.3, -0.25) is 0 Å². The van der Waals surface area contributed by atoms with Crippen LogP contribution in [0.4, 0.5) is 0 Å². The Hall–Kier alpha value is -2.06. The fourth-order valence-electron chi connectivity index (χ4n) is 2.36. The van der Waals surface area contributed by atoms with Crippen LogP contribution in [0, 0.1) is 0 Å². The molecule has 0 aliphatic rings. The van der Waals surface area contributed by atoms with E-state index in [2.05, 4.69) is 26.0 Å². The molecule has 0 amide bonds. The van der Waals surface area contributed by atoms with Gasteiger partial charge < -0.3 is 9.52 Å². The molecule has 2 nitrogen and oxygen atoms in total. The van der Waals surface area contributed by atoms with E-state index in [9.17, 15) is 5.11 Å². The first-order valence-corrected chi connectivity index (χ1v) is 6.91. The highest BCUT2D eigenvalue weighted by molar-refractivity contribution is 5.77. The molecule has 2 heteroatoms. The molecule has 0 saturated heterocycles. The number of benzene rings is 2. The Morgan fingerprint density at radius 1 is 0.900 bits per heavy atom. The second-order valence-electron chi connectivity index (χ2n) is 5.41. The molecule has 3 aromatic rings. The van der Waals surface area contributed by atoms with Crippen LogP contribution in [-0.2, 0) is 0 Å². The maximum Gasteiger partial charge on any atom is 0.138 e.